The molecule has 100 valence electrons. The van der Waals surface area contributed by atoms with Gasteiger partial charge < -0.3 is 5.32 Å². The molecular weight excluding hydrogens is 224 g/mol. The van der Waals surface area contributed by atoms with Crippen LogP contribution in [-0.4, -0.2) is 16.9 Å². The number of hydrogen-bond acceptors (Lipinski definition) is 2. The van der Waals surface area contributed by atoms with Crippen LogP contribution in [-0.2, 0) is 0 Å². The third-order valence-electron chi connectivity index (χ3n) is 3.19. The summed E-state index contributed by atoms with van der Waals surface area (Å²) in [5, 5.41) is 3.08. The van der Waals surface area contributed by atoms with Crippen LogP contribution in [0.15, 0.2) is 12.1 Å². The molecule has 3 nitrogen and oxygen atoms in total. The van der Waals surface area contributed by atoms with Crippen molar-refractivity contribution in [2.75, 3.05) is 0 Å². The second kappa shape index (κ2) is 7.14. The standard InChI is InChI=1S/C15H24N2O/c1-5-7-13(8-6-2)17-15(18)14-10-9-11(3)12(4)16-14/h9-10,13H,5-8H2,1-4H3,(H,17,18). The Bertz CT molecular complexity index is 395. The first-order chi connectivity index (χ1) is 8.58. The average molecular weight is 248 g/mol. The second-order valence-electron chi connectivity index (χ2n) is 4.85. The molecule has 1 aromatic rings. The van der Waals surface area contributed by atoms with Crippen molar-refractivity contribution >= 4 is 5.91 Å². The van der Waals surface area contributed by atoms with E-state index in [-0.39, 0.29) is 11.9 Å². The predicted molar refractivity (Wildman–Crippen MR) is 74.8 cm³/mol. The fraction of sp³-hybridized carbons (Fsp3) is 0.600. The molecule has 0 radical (unpaired) electrons. The zero-order valence-corrected chi connectivity index (χ0v) is 11.9. The van der Waals surface area contributed by atoms with E-state index in [0.29, 0.717) is 5.69 Å². The van der Waals surface area contributed by atoms with E-state index in [1.54, 1.807) is 6.07 Å². The molecule has 0 atom stereocenters. The van der Waals surface area contributed by atoms with Gasteiger partial charge in [-0.25, -0.2) is 4.98 Å². The van der Waals surface area contributed by atoms with Gasteiger partial charge in [0.05, 0.1) is 0 Å². The van der Waals surface area contributed by atoms with Gasteiger partial charge in [-0.1, -0.05) is 32.8 Å². The number of aromatic nitrogens is 1. The van der Waals surface area contributed by atoms with Crippen LogP contribution in [0.25, 0.3) is 0 Å². The highest BCUT2D eigenvalue weighted by atomic mass is 16.1. The first-order valence-electron chi connectivity index (χ1n) is 6.83. The summed E-state index contributed by atoms with van der Waals surface area (Å²) >= 11 is 0. The fourth-order valence-electron chi connectivity index (χ4n) is 2.00. The maximum atomic E-state index is 12.1. The van der Waals surface area contributed by atoms with Crippen LogP contribution in [0.5, 0.6) is 0 Å². The summed E-state index contributed by atoms with van der Waals surface area (Å²) in [6.45, 7) is 8.22. The fourth-order valence-corrected chi connectivity index (χ4v) is 2.00. The molecule has 1 heterocycles. The van der Waals surface area contributed by atoms with Crippen molar-refractivity contribution in [3.8, 4) is 0 Å². The van der Waals surface area contributed by atoms with Gasteiger partial charge in [-0.05, 0) is 38.3 Å². The SMILES string of the molecule is CCCC(CCC)NC(=O)c1ccc(C)c(C)n1. The molecule has 3 heteroatoms. The van der Waals surface area contributed by atoms with Crippen molar-refractivity contribution < 1.29 is 4.79 Å². The molecule has 0 unspecified atom stereocenters. The highest BCUT2D eigenvalue weighted by Crippen LogP contribution is 2.08. The lowest BCUT2D eigenvalue weighted by molar-refractivity contribution is 0.0927. The Labute approximate surface area is 110 Å². The lowest BCUT2D eigenvalue weighted by atomic mass is 10.1. The number of carbonyl (C=O) groups is 1. The third kappa shape index (κ3) is 4.13. The molecule has 0 saturated heterocycles. The maximum Gasteiger partial charge on any atom is 0.270 e. The van der Waals surface area contributed by atoms with Gasteiger partial charge in [-0.2, -0.15) is 0 Å². The van der Waals surface area contributed by atoms with Gasteiger partial charge in [0.15, 0.2) is 0 Å². The van der Waals surface area contributed by atoms with Crippen molar-refractivity contribution in [2.45, 2.75) is 59.4 Å². The third-order valence-corrected chi connectivity index (χ3v) is 3.19. The van der Waals surface area contributed by atoms with E-state index in [0.717, 1.165) is 36.9 Å². The van der Waals surface area contributed by atoms with Crippen molar-refractivity contribution in [1.82, 2.24) is 10.3 Å². The predicted octanol–water partition coefficient (Wildman–Crippen LogP) is 3.40. The molecule has 0 aliphatic rings. The minimum absolute atomic E-state index is 0.0509. The van der Waals surface area contributed by atoms with Crippen LogP contribution in [0.1, 0.15) is 61.3 Å². The molecule has 1 N–H and O–H groups in total. The lowest BCUT2D eigenvalue weighted by Crippen LogP contribution is -2.35. The summed E-state index contributed by atoms with van der Waals surface area (Å²) in [6.07, 6.45) is 4.24. The smallest absolute Gasteiger partial charge is 0.270 e. The zero-order valence-electron chi connectivity index (χ0n) is 11.9. The molecule has 1 amide bonds. The summed E-state index contributed by atoms with van der Waals surface area (Å²) < 4.78 is 0. The van der Waals surface area contributed by atoms with Crippen LogP contribution in [0, 0.1) is 13.8 Å². The zero-order chi connectivity index (χ0) is 13.5. The summed E-state index contributed by atoms with van der Waals surface area (Å²) in [5.74, 6) is -0.0509. The Hall–Kier alpha value is -1.38. The topological polar surface area (TPSA) is 42.0 Å². The normalized spacial score (nSPS) is 10.7. The Morgan fingerprint density at radius 1 is 1.22 bits per heavy atom. The van der Waals surface area contributed by atoms with E-state index < -0.39 is 0 Å². The minimum Gasteiger partial charge on any atom is -0.348 e. The highest BCUT2D eigenvalue weighted by Gasteiger charge is 2.13. The molecule has 0 saturated carbocycles. The average Bonchev–Trinajstić information content (AvgIpc) is 2.33. The van der Waals surface area contributed by atoms with Gasteiger partial charge in [-0.15, -0.1) is 0 Å². The molecule has 18 heavy (non-hydrogen) atoms. The van der Waals surface area contributed by atoms with Crippen molar-refractivity contribution in [1.29, 1.82) is 0 Å². The molecule has 1 rings (SSSR count). The molecule has 0 bridgehead atoms. The van der Waals surface area contributed by atoms with E-state index >= 15 is 0 Å². The van der Waals surface area contributed by atoms with Crippen molar-refractivity contribution in [3.05, 3.63) is 29.1 Å². The molecule has 0 fully saturated rings. The van der Waals surface area contributed by atoms with Crippen LogP contribution >= 0.6 is 0 Å². The van der Waals surface area contributed by atoms with Crippen LogP contribution in [0.4, 0.5) is 0 Å². The van der Waals surface area contributed by atoms with E-state index in [1.165, 1.54) is 0 Å². The van der Waals surface area contributed by atoms with E-state index in [9.17, 15) is 4.79 Å². The Morgan fingerprint density at radius 3 is 2.33 bits per heavy atom. The number of amides is 1. The minimum atomic E-state index is -0.0509. The van der Waals surface area contributed by atoms with Crippen molar-refractivity contribution in [3.63, 3.8) is 0 Å². The lowest BCUT2D eigenvalue weighted by Gasteiger charge is -2.17. The summed E-state index contributed by atoms with van der Waals surface area (Å²) in [4.78, 5) is 16.4. The van der Waals surface area contributed by atoms with Gasteiger partial charge in [-0.3, -0.25) is 4.79 Å². The molecule has 0 aromatic carbocycles. The number of aryl methyl sites for hydroxylation is 2. The van der Waals surface area contributed by atoms with Crippen LogP contribution < -0.4 is 5.32 Å². The maximum absolute atomic E-state index is 12.1. The second-order valence-corrected chi connectivity index (χ2v) is 4.85. The van der Waals surface area contributed by atoms with Gasteiger partial charge in [0, 0.05) is 11.7 Å². The van der Waals surface area contributed by atoms with Gasteiger partial charge >= 0.3 is 0 Å². The number of carbonyl (C=O) groups excluding carboxylic acids is 1. The number of hydrogen-bond donors (Lipinski definition) is 1. The molecule has 1 aromatic heterocycles. The Balaban J connectivity index is 2.70. The summed E-state index contributed by atoms with van der Waals surface area (Å²) in [7, 11) is 0. The quantitative estimate of drug-likeness (QED) is 0.838. The van der Waals surface area contributed by atoms with Gasteiger partial charge in [0.25, 0.3) is 5.91 Å². The number of rotatable bonds is 6. The van der Waals surface area contributed by atoms with E-state index in [1.807, 2.05) is 19.9 Å². The monoisotopic (exact) mass is 248 g/mol. The van der Waals surface area contributed by atoms with Crippen LogP contribution in [0.2, 0.25) is 0 Å². The first-order valence-corrected chi connectivity index (χ1v) is 6.83. The molecule has 0 spiro atoms. The summed E-state index contributed by atoms with van der Waals surface area (Å²) in [5.41, 5.74) is 2.56. The number of nitrogens with one attached hydrogen (secondary N) is 1. The Morgan fingerprint density at radius 2 is 1.83 bits per heavy atom. The summed E-state index contributed by atoms with van der Waals surface area (Å²) in [6, 6.07) is 4.02. The van der Waals surface area contributed by atoms with Gasteiger partial charge in [0.1, 0.15) is 5.69 Å². The molecular formula is C15H24N2O. The number of pyridine rings is 1. The van der Waals surface area contributed by atoms with Gasteiger partial charge in [0.2, 0.25) is 0 Å². The number of nitrogens with zero attached hydrogens (tertiary/aromatic N) is 1. The van der Waals surface area contributed by atoms with Crippen LogP contribution in [0.3, 0.4) is 0 Å². The van der Waals surface area contributed by atoms with E-state index in [2.05, 4.69) is 24.1 Å². The molecule has 0 aliphatic carbocycles. The van der Waals surface area contributed by atoms with Crippen molar-refractivity contribution in [2.24, 2.45) is 0 Å². The largest absolute Gasteiger partial charge is 0.348 e. The molecule has 0 aliphatic heterocycles. The first kappa shape index (κ1) is 14.7. The Kier molecular flexibility index (Phi) is 5.83. The van der Waals surface area contributed by atoms with E-state index in [4.69, 9.17) is 0 Å². The highest BCUT2D eigenvalue weighted by molar-refractivity contribution is 5.92.